The number of hydrogen-bond donors (Lipinski definition) is 0. The molecule has 170 valence electrons. The monoisotopic (exact) mass is 417 g/mol. The summed E-state index contributed by atoms with van der Waals surface area (Å²) < 4.78 is 17.4. The number of hydrogen-bond acceptors (Lipinski definition) is 4. The zero-order valence-corrected chi connectivity index (χ0v) is 19.4. The number of nitrogens with zero attached hydrogens (tertiary/aromatic N) is 1. The van der Waals surface area contributed by atoms with Crippen LogP contribution in [-0.4, -0.2) is 32.5 Å². The molecule has 0 heterocycles. The predicted octanol–water partition coefficient (Wildman–Crippen LogP) is 7.06. The van der Waals surface area contributed by atoms with Crippen molar-refractivity contribution in [2.75, 3.05) is 26.4 Å². The highest BCUT2D eigenvalue weighted by Crippen LogP contribution is 2.14. The molecule has 0 aliphatic rings. The van der Waals surface area contributed by atoms with Crippen LogP contribution < -0.4 is 4.74 Å². The number of unbranched alkanes of at least 4 members (excludes halogenated alkanes) is 11. The van der Waals surface area contributed by atoms with Gasteiger partial charge in [0.05, 0.1) is 18.2 Å². The molecule has 0 saturated carbocycles. The first-order chi connectivity index (χ1) is 14.8. The summed E-state index contributed by atoms with van der Waals surface area (Å²) in [6.07, 6.45) is 16.1. The Morgan fingerprint density at radius 1 is 0.767 bits per heavy atom. The van der Waals surface area contributed by atoms with Gasteiger partial charge in [-0.1, -0.05) is 77.6 Å². The minimum Gasteiger partial charge on any atom is -0.491 e. The van der Waals surface area contributed by atoms with Gasteiger partial charge in [0.2, 0.25) is 0 Å². The fraction of sp³-hybridized carbons (Fsp3) is 0.731. The van der Waals surface area contributed by atoms with E-state index in [1.807, 2.05) is 19.1 Å². The molecule has 0 fully saturated rings. The molecular weight excluding hydrogens is 374 g/mol. The van der Waals surface area contributed by atoms with Crippen molar-refractivity contribution < 1.29 is 14.2 Å². The van der Waals surface area contributed by atoms with Gasteiger partial charge in [-0.2, -0.15) is 5.26 Å². The van der Waals surface area contributed by atoms with Crippen LogP contribution >= 0.6 is 0 Å². The second-order valence-corrected chi connectivity index (χ2v) is 7.99. The van der Waals surface area contributed by atoms with E-state index in [2.05, 4.69) is 13.0 Å². The zero-order valence-electron chi connectivity index (χ0n) is 19.4. The van der Waals surface area contributed by atoms with E-state index in [9.17, 15) is 0 Å². The average Bonchev–Trinajstić information content (AvgIpc) is 2.78. The van der Waals surface area contributed by atoms with Crippen molar-refractivity contribution in [3.05, 3.63) is 29.8 Å². The molecule has 0 radical (unpaired) electrons. The van der Waals surface area contributed by atoms with E-state index < -0.39 is 0 Å². The summed E-state index contributed by atoms with van der Waals surface area (Å²) in [5.74, 6) is 0.754. The highest BCUT2D eigenvalue weighted by molar-refractivity contribution is 5.34. The molecule has 0 aromatic heterocycles. The molecule has 1 unspecified atom stereocenters. The lowest BCUT2D eigenvalue weighted by molar-refractivity contribution is -0.0359. The van der Waals surface area contributed by atoms with E-state index in [0.717, 1.165) is 18.8 Å². The van der Waals surface area contributed by atoms with Gasteiger partial charge in [-0.3, -0.25) is 0 Å². The Morgan fingerprint density at radius 3 is 1.87 bits per heavy atom. The second-order valence-electron chi connectivity index (χ2n) is 7.99. The molecule has 0 aliphatic heterocycles. The van der Waals surface area contributed by atoms with Crippen molar-refractivity contribution >= 4 is 0 Å². The Morgan fingerprint density at radius 2 is 1.33 bits per heavy atom. The fourth-order valence-electron chi connectivity index (χ4n) is 3.40. The third kappa shape index (κ3) is 14.4. The van der Waals surface area contributed by atoms with Crippen molar-refractivity contribution in [3.63, 3.8) is 0 Å². The second kappa shape index (κ2) is 19.4. The lowest BCUT2D eigenvalue weighted by Gasteiger charge is -2.18. The maximum Gasteiger partial charge on any atom is 0.119 e. The summed E-state index contributed by atoms with van der Waals surface area (Å²) in [6, 6.07) is 9.28. The highest BCUT2D eigenvalue weighted by atomic mass is 16.6. The lowest BCUT2D eigenvalue weighted by Crippen LogP contribution is -2.27. The molecule has 30 heavy (non-hydrogen) atoms. The molecule has 1 atom stereocenters. The van der Waals surface area contributed by atoms with Crippen LogP contribution in [0.5, 0.6) is 5.75 Å². The van der Waals surface area contributed by atoms with Gasteiger partial charge in [-0.25, -0.2) is 0 Å². The first kappa shape index (κ1) is 26.5. The van der Waals surface area contributed by atoms with Crippen LogP contribution in [0.3, 0.4) is 0 Å². The molecule has 0 aliphatic carbocycles. The SMILES string of the molecule is CCCCCCCCCCCCCCOC(COCC)COc1ccc(C#N)cc1. The molecule has 4 nitrogen and oxygen atoms in total. The van der Waals surface area contributed by atoms with Crippen molar-refractivity contribution in [2.24, 2.45) is 0 Å². The largest absolute Gasteiger partial charge is 0.491 e. The molecule has 1 aromatic carbocycles. The fourth-order valence-corrected chi connectivity index (χ4v) is 3.40. The van der Waals surface area contributed by atoms with Crippen LogP contribution in [0.15, 0.2) is 24.3 Å². The van der Waals surface area contributed by atoms with E-state index in [0.29, 0.717) is 25.4 Å². The van der Waals surface area contributed by atoms with Crippen LogP contribution in [-0.2, 0) is 9.47 Å². The number of benzene rings is 1. The van der Waals surface area contributed by atoms with E-state index in [4.69, 9.17) is 19.5 Å². The van der Waals surface area contributed by atoms with Crippen molar-refractivity contribution in [2.45, 2.75) is 97.0 Å². The van der Waals surface area contributed by atoms with Crippen LogP contribution in [0.1, 0.15) is 96.5 Å². The third-order valence-corrected chi connectivity index (χ3v) is 5.28. The molecule has 1 rings (SSSR count). The minimum atomic E-state index is -0.0618. The number of nitriles is 1. The van der Waals surface area contributed by atoms with E-state index >= 15 is 0 Å². The summed E-state index contributed by atoms with van der Waals surface area (Å²) in [5, 5.41) is 8.87. The first-order valence-corrected chi connectivity index (χ1v) is 12.1. The standard InChI is InChI=1S/C26H43NO3/c1-3-5-6-7-8-9-10-11-12-13-14-15-20-29-26(22-28-4-2)23-30-25-18-16-24(21-27)17-19-25/h16-19,26H,3-15,20,22-23H2,1-2H3. The van der Waals surface area contributed by atoms with Crippen LogP contribution in [0, 0.1) is 11.3 Å². The first-order valence-electron chi connectivity index (χ1n) is 12.1. The van der Waals surface area contributed by atoms with Gasteiger partial charge in [0.25, 0.3) is 0 Å². The van der Waals surface area contributed by atoms with Gasteiger partial charge in [-0.05, 0) is 37.6 Å². The molecular formula is C26H43NO3. The zero-order chi connectivity index (χ0) is 21.7. The quantitative estimate of drug-likeness (QED) is 0.213. The molecule has 1 aromatic rings. The molecule has 4 heteroatoms. The number of rotatable bonds is 20. The smallest absolute Gasteiger partial charge is 0.119 e. The molecule has 0 spiro atoms. The van der Waals surface area contributed by atoms with Crippen molar-refractivity contribution in [1.29, 1.82) is 5.26 Å². The Kier molecular flexibility index (Phi) is 17.1. The maximum absolute atomic E-state index is 8.87. The Labute approximate surface area is 184 Å². The molecule has 0 bridgehead atoms. The van der Waals surface area contributed by atoms with Gasteiger partial charge >= 0.3 is 0 Å². The minimum absolute atomic E-state index is 0.0618. The summed E-state index contributed by atoms with van der Waals surface area (Å²) >= 11 is 0. The molecule has 0 N–H and O–H groups in total. The Bertz CT molecular complexity index is 538. The summed E-state index contributed by atoms with van der Waals surface area (Å²) in [6.45, 7) is 6.70. The summed E-state index contributed by atoms with van der Waals surface area (Å²) in [7, 11) is 0. The predicted molar refractivity (Wildman–Crippen MR) is 124 cm³/mol. The van der Waals surface area contributed by atoms with E-state index in [1.54, 1.807) is 12.1 Å². The maximum atomic E-state index is 8.87. The van der Waals surface area contributed by atoms with Crippen molar-refractivity contribution in [1.82, 2.24) is 0 Å². The van der Waals surface area contributed by atoms with Gasteiger partial charge in [0.1, 0.15) is 18.5 Å². The topological polar surface area (TPSA) is 51.5 Å². The van der Waals surface area contributed by atoms with Gasteiger partial charge in [0, 0.05) is 13.2 Å². The normalized spacial score (nSPS) is 11.9. The van der Waals surface area contributed by atoms with E-state index in [-0.39, 0.29) is 6.10 Å². The Balaban J connectivity index is 2.05. The van der Waals surface area contributed by atoms with Gasteiger partial charge in [0.15, 0.2) is 0 Å². The third-order valence-electron chi connectivity index (χ3n) is 5.28. The molecule has 0 saturated heterocycles. The van der Waals surface area contributed by atoms with Crippen LogP contribution in [0.25, 0.3) is 0 Å². The van der Waals surface area contributed by atoms with Crippen LogP contribution in [0.4, 0.5) is 0 Å². The highest BCUT2D eigenvalue weighted by Gasteiger charge is 2.10. The average molecular weight is 418 g/mol. The van der Waals surface area contributed by atoms with Gasteiger partial charge in [-0.15, -0.1) is 0 Å². The molecule has 0 amide bonds. The van der Waals surface area contributed by atoms with Gasteiger partial charge < -0.3 is 14.2 Å². The summed E-state index contributed by atoms with van der Waals surface area (Å²) in [5.41, 5.74) is 0.636. The van der Waals surface area contributed by atoms with E-state index in [1.165, 1.54) is 70.6 Å². The summed E-state index contributed by atoms with van der Waals surface area (Å²) in [4.78, 5) is 0. The Hall–Kier alpha value is -1.57. The number of ether oxygens (including phenoxy) is 3. The van der Waals surface area contributed by atoms with Crippen LogP contribution in [0.2, 0.25) is 0 Å². The lowest BCUT2D eigenvalue weighted by atomic mass is 10.1. The van der Waals surface area contributed by atoms with Crippen molar-refractivity contribution in [3.8, 4) is 11.8 Å².